The largest absolute Gasteiger partial charge is 0.311 e. The lowest BCUT2D eigenvalue weighted by atomic mass is 10.0. The number of nitrogens with one attached hydrogen (secondary N) is 1. The first-order valence-corrected chi connectivity index (χ1v) is 8.46. The Morgan fingerprint density at radius 2 is 1.95 bits per heavy atom. The summed E-state index contributed by atoms with van der Waals surface area (Å²) in [4.78, 5) is 0. The third-order valence-electron chi connectivity index (χ3n) is 3.75. The van der Waals surface area contributed by atoms with Crippen molar-refractivity contribution in [3.63, 3.8) is 0 Å². The number of benzene rings is 1. The van der Waals surface area contributed by atoms with Crippen LogP contribution in [0.5, 0.6) is 0 Å². The molecule has 0 bridgehead atoms. The van der Waals surface area contributed by atoms with Crippen LogP contribution in [-0.2, 0) is 6.54 Å². The van der Waals surface area contributed by atoms with Crippen LogP contribution in [0.4, 0.5) is 0 Å². The highest BCUT2D eigenvalue weighted by Gasteiger charge is 2.13. The number of aromatic nitrogens is 2. The maximum Gasteiger partial charge on any atom is 0.0766 e. The standard InChI is InChI=1S/C16H21N3S/c1-2-4-16(5-3-1)19-9-6-15(18-19)13-17-12-14-7-10-20-11-8-14/h1-6,9,14,17H,7-8,10-13H2. The molecule has 1 aliphatic rings. The molecule has 0 spiro atoms. The molecule has 1 aromatic carbocycles. The monoisotopic (exact) mass is 287 g/mol. The van der Waals surface area contributed by atoms with Crippen molar-refractivity contribution in [3.05, 3.63) is 48.3 Å². The van der Waals surface area contributed by atoms with Crippen LogP contribution in [0.3, 0.4) is 0 Å². The fourth-order valence-corrected chi connectivity index (χ4v) is 3.74. The van der Waals surface area contributed by atoms with Crippen molar-refractivity contribution in [2.75, 3.05) is 18.1 Å². The van der Waals surface area contributed by atoms with Crippen molar-refractivity contribution in [1.29, 1.82) is 0 Å². The Kier molecular flexibility index (Phi) is 4.77. The molecule has 1 saturated heterocycles. The molecule has 2 heterocycles. The second-order valence-corrected chi connectivity index (χ2v) is 6.50. The van der Waals surface area contributed by atoms with Gasteiger partial charge in [-0.15, -0.1) is 0 Å². The minimum absolute atomic E-state index is 0.854. The summed E-state index contributed by atoms with van der Waals surface area (Å²) in [6, 6.07) is 12.3. The molecule has 0 saturated carbocycles. The molecule has 1 aromatic heterocycles. The number of thioether (sulfide) groups is 1. The Labute approximate surface area is 124 Å². The van der Waals surface area contributed by atoms with E-state index in [4.69, 9.17) is 0 Å². The van der Waals surface area contributed by atoms with Crippen LogP contribution in [0.25, 0.3) is 5.69 Å². The average molecular weight is 287 g/mol. The van der Waals surface area contributed by atoms with Crippen molar-refractivity contribution >= 4 is 11.8 Å². The first-order valence-electron chi connectivity index (χ1n) is 7.30. The van der Waals surface area contributed by atoms with Crippen LogP contribution in [0.15, 0.2) is 42.6 Å². The predicted octanol–water partition coefficient (Wildman–Crippen LogP) is 3.11. The summed E-state index contributed by atoms with van der Waals surface area (Å²) in [5.74, 6) is 3.51. The Morgan fingerprint density at radius 3 is 2.75 bits per heavy atom. The molecule has 106 valence electrons. The van der Waals surface area contributed by atoms with Gasteiger partial charge < -0.3 is 5.32 Å². The minimum Gasteiger partial charge on any atom is -0.311 e. The Balaban J connectivity index is 1.50. The van der Waals surface area contributed by atoms with Crippen LogP contribution in [-0.4, -0.2) is 27.8 Å². The molecular formula is C16H21N3S. The molecule has 3 rings (SSSR count). The van der Waals surface area contributed by atoms with Gasteiger partial charge in [0, 0.05) is 12.7 Å². The smallest absolute Gasteiger partial charge is 0.0766 e. The molecular weight excluding hydrogens is 266 g/mol. The lowest BCUT2D eigenvalue weighted by Gasteiger charge is -2.21. The Bertz CT molecular complexity index is 518. The first kappa shape index (κ1) is 13.7. The number of nitrogens with zero attached hydrogens (tertiary/aromatic N) is 2. The van der Waals surface area contributed by atoms with Gasteiger partial charge in [0.25, 0.3) is 0 Å². The zero-order chi connectivity index (χ0) is 13.6. The second kappa shape index (κ2) is 6.95. The maximum atomic E-state index is 4.61. The average Bonchev–Trinajstić information content (AvgIpc) is 2.98. The van der Waals surface area contributed by atoms with Crippen molar-refractivity contribution in [3.8, 4) is 5.69 Å². The van der Waals surface area contributed by atoms with Crippen molar-refractivity contribution in [2.45, 2.75) is 19.4 Å². The van der Waals surface area contributed by atoms with E-state index in [-0.39, 0.29) is 0 Å². The summed E-state index contributed by atoms with van der Waals surface area (Å²) in [6.45, 7) is 1.99. The highest BCUT2D eigenvalue weighted by atomic mass is 32.2. The molecule has 0 aliphatic carbocycles. The minimum atomic E-state index is 0.854. The van der Waals surface area contributed by atoms with Crippen LogP contribution < -0.4 is 5.32 Å². The SMILES string of the molecule is c1ccc(-n2ccc(CNCC3CCSCC3)n2)cc1. The van der Waals surface area contributed by atoms with Crippen LogP contribution in [0, 0.1) is 5.92 Å². The highest BCUT2D eigenvalue weighted by molar-refractivity contribution is 7.99. The van der Waals surface area contributed by atoms with Crippen LogP contribution >= 0.6 is 11.8 Å². The van der Waals surface area contributed by atoms with E-state index in [1.165, 1.54) is 24.3 Å². The van der Waals surface area contributed by atoms with E-state index in [2.05, 4.69) is 40.4 Å². The fraction of sp³-hybridized carbons (Fsp3) is 0.438. The van der Waals surface area contributed by atoms with Crippen molar-refractivity contribution in [2.24, 2.45) is 5.92 Å². The van der Waals surface area contributed by atoms with Crippen molar-refractivity contribution < 1.29 is 0 Å². The van der Waals surface area contributed by atoms with E-state index in [0.717, 1.165) is 30.4 Å². The molecule has 1 N–H and O–H groups in total. The first-order chi connectivity index (χ1) is 9.92. The third-order valence-corrected chi connectivity index (χ3v) is 4.79. The van der Waals surface area contributed by atoms with Gasteiger partial charge in [-0.2, -0.15) is 16.9 Å². The number of hydrogen-bond acceptors (Lipinski definition) is 3. The van der Waals surface area contributed by atoms with Crippen LogP contribution in [0.1, 0.15) is 18.5 Å². The van der Waals surface area contributed by atoms with Gasteiger partial charge in [0.2, 0.25) is 0 Å². The van der Waals surface area contributed by atoms with Gasteiger partial charge >= 0.3 is 0 Å². The van der Waals surface area contributed by atoms with E-state index in [0.29, 0.717) is 0 Å². The zero-order valence-corrected chi connectivity index (χ0v) is 12.5. The summed E-state index contributed by atoms with van der Waals surface area (Å²) in [5.41, 5.74) is 2.22. The van der Waals surface area contributed by atoms with Crippen molar-refractivity contribution in [1.82, 2.24) is 15.1 Å². The maximum absolute atomic E-state index is 4.61. The van der Waals surface area contributed by atoms with Gasteiger partial charge in [-0.1, -0.05) is 18.2 Å². The summed E-state index contributed by atoms with van der Waals surface area (Å²) in [6.07, 6.45) is 4.75. The third kappa shape index (κ3) is 3.64. The summed E-state index contributed by atoms with van der Waals surface area (Å²) in [7, 11) is 0. The van der Waals surface area contributed by atoms with Gasteiger partial charge in [-0.25, -0.2) is 4.68 Å². The fourth-order valence-electron chi connectivity index (χ4n) is 2.54. The predicted molar refractivity (Wildman–Crippen MR) is 85.3 cm³/mol. The van der Waals surface area contributed by atoms with E-state index in [9.17, 15) is 0 Å². The molecule has 0 unspecified atom stereocenters. The zero-order valence-electron chi connectivity index (χ0n) is 11.7. The van der Waals surface area contributed by atoms with Gasteiger partial charge in [0.1, 0.15) is 0 Å². The normalized spacial score (nSPS) is 16.4. The number of hydrogen-bond donors (Lipinski definition) is 1. The van der Waals surface area contributed by atoms with Gasteiger partial charge in [-0.3, -0.25) is 0 Å². The van der Waals surface area contributed by atoms with Gasteiger partial charge in [0.05, 0.1) is 11.4 Å². The molecule has 3 nitrogen and oxygen atoms in total. The molecule has 20 heavy (non-hydrogen) atoms. The van der Waals surface area contributed by atoms with E-state index in [1.807, 2.05) is 29.1 Å². The van der Waals surface area contributed by atoms with Gasteiger partial charge in [0.15, 0.2) is 0 Å². The number of para-hydroxylation sites is 1. The van der Waals surface area contributed by atoms with Crippen LogP contribution in [0.2, 0.25) is 0 Å². The Hall–Kier alpha value is -1.26. The quantitative estimate of drug-likeness (QED) is 0.916. The molecule has 0 amide bonds. The molecule has 1 fully saturated rings. The second-order valence-electron chi connectivity index (χ2n) is 5.27. The molecule has 0 atom stereocenters. The summed E-state index contributed by atoms with van der Waals surface area (Å²) in [5, 5.41) is 8.16. The summed E-state index contributed by atoms with van der Waals surface area (Å²) < 4.78 is 1.94. The summed E-state index contributed by atoms with van der Waals surface area (Å²) >= 11 is 2.09. The lowest BCUT2D eigenvalue weighted by molar-refractivity contribution is 0.445. The topological polar surface area (TPSA) is 29.9 Å². The van der Waals surface area contributed by atoms with Gasteiger partial charge in [-0.05, 0) is 55.0 Å². The molecule has 2 aromatic rings. The molecule has 0 radical (unpaired) electrons. The molecule has 4 heteroatoms. The van der Waals surface area contributed by atoms with E-state index >= 15 is 0 Å². The molecule has 1 aliphatic heterocycles. The van der Waals surface area contributed by atoms with E-state index < -0.39 is 0 Å². The lowest BCUT2D eigenvalue weighted by Crippen LogP contribution is -2.25. The van der Waals surface area contributed by atoms with E-state index in [1.54, 1.807) is 0 Å². The highest BCUT2D eigenvalue weighted by Crippen LogP contribution is 2.21. The number of rotatable bonds is 5. The Morgan fingerprint density at radius 1 is 1.15 bits per heavy atom.